The van der Waals surface area contributed by atoms with Gasteiger partial charge >= 0.3 is 11.9 Å². The first-order valence-electron chi connectivity index (χ1n) is 7.25. The molecule has 2 aromatic rings. The normalized spacial score (nSPS) is 12.9. The molecule has 1 amide bonds. The Bertz CT molecular complexity index is 772. The lowest BCUT2D eigenvalue weighted by Gasteiger charge is -2.26. The van der Waals surface area contributed by atoms with Crippen LogP contribution >= 0.6 is 0 Å². The van der Waals surface area contributed by atoms with E-state index in [0.29, 0.717) is 0 Å². The molecule has 6 nitrogen and oxygen atoms in total. The average Bonchev–Trinajstić information content (AvgIpc) is 2.55. The second kappa shape index (κ2) is 6.95. The van der Waals surface area contributed by atoms with Gasteiger partial charge in [0.05, 0.1) is 11.1 Å². The van der Waals surface area contributed by atoms with Crippen LogP contribution in [0.4, 0.5) is 0 Å². The molecular formula is C18H17NO5. The van der Waals surface area contributed by atoms with E-state index in [0.717, 1.165) is 5.56 Å². The monoisotopic (exact) mass is 327 g/mol. The summed E-state index contributed by atoms with van der Waals surface area (Å²) < 4.78 is 0. The Morgan fingerprint density at radius 2 is 1.46 bits per heavy atom. The molecule has 0 aromatic heterocycles. The Morgan fingerprint density at radius 3 is 2.00 bits per heavy atom. The van der Waals surface area contributed by atoms with Crippen molar-refractivity contribution in [3.8, 4) is 0 Å². The van der Waals surface area contributed by atoms with Gasteiger partial charge in [0.1, 0.15) is 5.54 Å². The number of hydrogen-bond donors (Lipinski definition) is 3. The molecule has 1 atom stereocenters. The number of hydrogen-bond acceptors (Lipinski definition) is 3. The van der Waals surface area contributed by atoms with Crippen molar-refractivity contribution < 1.29 is 24.6 Å². The van der Waals surface area contributed by atoms with Gasteiger partial charge in [-0.3, -0.25) is 4.79 Å². The molecule has 0 radical (unpaired) electrons. The Morgan fingerprint density at radius 1 is 0.917 bits per heavy atom. The highest BCUT2D eigenvalue weighted by Crippen LogP contribution is 2.16. The molecule has 0 fully saturated rings. The van der Waals surface area contributed by atoms with Gasteiger partial charge in [0.2, 0.25) is 0 Å². The van der Waals surface area contributed by atoms with E-state index >= 15 is 0 Å². The molecule has 0 aliphatic heterocycles. The van der Waals surface area contributed by atoms with E-state index in [4.69, 9.17) is 5.11 Å². The van der Waals surface area contributed by atoms with Crippen molar-refractivity contribution >= 4 is 17.8 Å². The molecule has 3 N–H and O–H groups in total. The van der Waals surface area contributed by atoms with Gasteiger partial charge in [0.25, 0.3) is 5.91 Å². The molecule has 124 valence electrons. The number of carboxylic acid groups (broad SMARTS) is 2. The van der Waals surface area contributed by atoms with Gasteiger partial charge in [0, 0.05) is 6.42 Å². The second-order valence-electron chi connectivity index (χ2n) is 5.60. The van der Waals surface area contributed by atoms with Crippen molar-refractivity contribution in [3.63, 3.8) is 0 Å². The molecule has 1 unspecified atom stereocenters. The van der Waals surface area contributed by atoms with Crippen LogP contribution in [0.15, 0.2) is 54.6 Å². The Labute approximate surface area is 138 Å². The van der Waals surface area contributed by atoms with Crippen molar-refractivity contribution in [1.82, 2.24) is 5.32 Å². The summed E-state index contributed by atoms with van der Waals surface area (Å²) in [4.78, 5) is 35.3. The summed E-state index contributed by atoms with van der Waals surface area (Å²) in [6.07, 6.45) is 0.0736. The van der Waals surface area contributed by atoms with E-state index in [-0.39, 0.29) is 17.5 Å². The van der Waals surface area contributed by atoms with E-state index in [1.807, 2.05) is 6.07 Å². The molecule has 0 aliphatic carbocycles. The molecular weight excluding hydrogens is 310 g/mol. The average molecular weight is 327 g/mol. The Kier molecular flexibility index (Phi) is 4.99. The van der Waals surface area contributed by atoms with E-state index in [1.54, 1.807) is 24.3 Å². The number of amides is 1. The van der Waals surface area contributed by atoms with Gasteiger partial charge in [-0.2, -0.15) is 0 Å². The standard InChI is InChI=1S/C18H17NO5/c1-18(17(23)24,11-12-7-3-2-4-8-12)19-15(20)13-9-5-6-10-14(13)16(21)22/h2-10H,11H2,1H3,(H,19,20)(H,21,22)(H,23,24). The van der Waals surface area contributed by atoms with Crippen molar-refractivity contribution in [3.05, 3.63) is 71.3 Å². The van der Waals surface area contributed by atoms with Crippen LogP contribution in [-0.2, 0) is 11.2 Å². The predicted molar refractivity (Wildman–Crippen MR) is 87.1 cm³/mol. The van der Waals surface area contributed by atoms with Crippen molar-refractivity contribution in [1.29, 1.82) is 0 Å². The smallest absolute Gasteiger partial charge is 0.336 e. The van der Waals surface area contributed by atoms with Crippen LogP contribution in [0.5, 0.6) is 0 Å². The van der Waals surface area contributed by atoms with Crippen LogP contribution in [0.1, 0.15) is 33.2 Å². The highest BCUT2D eigenvalue weighted by atomic mass is 16.4. The lowest BCUT2D eigenvalue weighted by molar-refractivity contribution is -0.143. The first kappa shape index (κ1) is 17.2. The molecule has 0 heterocycles. The third-order valence-corrected chi connectivity index (χ3v) is 3.66. The van der Waals surface area contributed by atoms with Crippen LogP contribution in [-0.4, -0.2) is 33.6 Å². The fraction of sp³-hybridized carbons (Fsp3) is 0.167. The summed E-state index contributed by atoms with van der Waals surface area (Å²) in [6.45, 7) is 1.39. The summed E-state index contributed by atoms with van der Waals surface area (Å²) in [5.74, 6) is -3.19. The molecule has 0 bridgehead atoms. The van der Waals surface area contributed by atoms with Crippen molar-refractivity contribution in [2.75, 3.05) is 0 Å². The van der Waals surface area contributed by atoms with E-state index < -0.39 is 23.4 Å². The summed E-state index contributed by atoms with van der Waals surface area (Å²) in [7, 11) is 0. The molecule has 24 heavy (non-hydrogen) atoms. The number of carboxylic acids is 2. The van der Waals surface area contributed by atoms with Crippen LogP contribution in [0.25, 0.3) is 0 Å². The number of benzene rings is 2. The lowest BCUT2D eigenvalue weighted by Crippen LogP contribution is -2.54. The lowest BCUT2D eigenvalue weighted by atomic mass is 9.92. The second-order valence-corrected chi connectivity index (χ2v) is 5.60. The summed E-state index contributed by atoms with van der Waals surface area (Å²) in [5, 5.41) is 21.1. The third kappa shape index (κ3) is 3.78. The molecule has 0 spiro atoms. The third-order valence-electron chi connectivity index (χ3n) is 3.66. The molecule has 0 saturated heterocycles. The van der Waals surface area contributed by atoms with Gasteiger partial charge in [0.15, 0.2) is 0 Å². The van der Waals surface area contributed by atoms with E-state index in [9.17, 15) is 19.5 Å². The zero-order valence-corrected chi connectivity index (χ0v) is 13.0. The van der Waals surface area contributed by atoms with Crippen LogP contribution in [0.3, 0.4) is 0 Å². The SMILES string of the molecule is CC(Cc1ccccc1)(NC(=O)c1ccccc1C(=O)O)C(=O)O. The molecule has 2 rings (SSSR count). The minimum atomic E-state index is -1.57. The topological polar surface area (TPSA) is 104 Å². The van der Waals surface area contributed by atoms with E-state index in [1.165, 1.54) is 31.2 Å². The summed E-state index contributed by atoms with van der Waals surface area (Å²) >= 11 is 0. The minimum absolute atomic E-state index is 0.0736. The molecule has 0 saturated carbocycles. The van der Waals surface area contributed by atoms with Crippen LogP contribution < -0.4 is 5.32 Å². The quantitative estimate of drug-likeness (QED) is 0.754. The maximum Gasteiger partial charge on any atom is 0.336 e. The fourth-order valence-corrected chi connectivity index (χ4v) is 2.36. The number of nitrogens with one attached hydrogen (secondary N) is 1. The van der Waals surface area contributed by atoms with Gasteiger partial charge in [-0.1, -0.05) is 42.5 Å². The van der Waals surface area contributed by atoms with Gasteiger partial charge in [-0.15, -0.1) is 0 Å². The number of aromatic carboxylic acids is 1. The zero-order chi connectivity index (χ0) is 17.7. The molecule has 6 heteroatoms. The van der Waals surface area contributed by atoms with Crippen molar-refractivity contribution in [2.45, 2.75) is 18.9 Å². The van der Waals surface area contributed by atoms with Gasteiger partial charge in [-0.05, 0) is 24.6 Å². The first-order valence-corrected chi connectivity index (χ1v) is 7.25. The minimum Gasteiger partial charge on any atom is -0.480 e. The Balaban J connectivity index is 2.29. The Hall–Kier alpha value is -3.15. The summed E-state index contributed by atoms with van der Waals surface area (Å²) in [6, 6.07) is 14.6. The highest BCUT2D eigenvalue weighted by Gasteiger charge is 2.36. The number of carbonyl (C=O) groups is 3. The molecule has 0 aliphatic rings. The number of rotatable bonds is 6. The van der Waals surface area contributed by atoms with Gasteiger partial charge in [-0.25, -0.2) is 9.59 Å². The zero-order valence-electron chi connectivity index (χ0n) is 13.0. The van der Waals surface area contributed by atoms with E-state index in [2.05, 4.69) is 5.32 Å². The number of carbonyl (C=O) groups excluding carboxylic acids is 1. The number of aliphatic carboxylic acids is 1. The maximum atomic E-state index is 12.4. The largest absolute Gasteiger partial charge is 0.480 e. The van der Waals surface area contributed by atoms with Gasteiger partial charge < -0.3 is 15.5 Å². The van der Waals surface area contributed by atoms with Crippen LogP contribution in [0.2, 0.25) is 0 Å². The maximum absolute atomic E-state index is 12.4. The fourth-order valence-electron chi connectivity index (χ4n) is 2.36. The summed E-state index contributed by atoms with van der Waals surface area (Å²) in [5.41, 5.74) is -1.08. The predicted octanol–water partition coefficient (Wildman–Crippen LogP) is 2.20. The first-order chi connectivity index (χ1) is 11.3. The van der Waals surface area contributed by atoms with Crippen LogP contribution in [0, 0.1) is 0 Å². The molecule has 2 aromatic carbocycles. The highest BCUT2D eigenvalue weighted by molar-refractivity contribution is 6.06. The van der Waals surface area contributed by atoms with Crippen molar-refractivity contribution in [2.24, 2.45) is 0 Å².